The fourth-order valence-electron chi connectivity index (χ4n) is 3.60. The first-order valence-corrected chi connectivity index (χ1v) is 9.98. The molecular formula is C22H16N4O2S. The number of nitrogens with two attached hydrogens (primary N) is 1. The Balaban J connectivity index is 1.74. The van der Waals surface area contributed by atoms with Crippen LogP contribution in [0.3, 0.4) is 0 Å². The van der Waals surface area contributed by atoms with Crippen LogP contribution in [-0.2, 0) is 11.2 Å². The molecule has 3 heterocycles. The van der Waals surface area contributed by atoms with Crippen LogP contribution in [0.25, 0.3) is 21.5 Å². The number of nitrogens with zero attached hydrogens (tertiary/aromatic N) is 3. The van der Waals surface area contributed by atoms with Gasteiger partial charge >= 0.3 is 0 Å². The van der Waals surface area contributed by atoms with Crippen molar-refractivity contribution in [2.24, 2.45) is 5.73 Å². The maximum absolute atomic E-state index is 12.8. The summed E-state index contributed by atoms with van der Waals surface area (Å²) < 4.78 is 1.10. The Morgan fingerprint density at radius 3 is 2.62 bits per heavy atom. The summed E-state index contributed by atoms with van der Waals surface area (Å²) in [6.07, 6.45) is 0.0478. The Hall–Kier alpha value is -3.58. The lowest BCUT2D eigenvalue weighted by Crippen LogP contribution is -2.21. The minimum absolute atomic E-state index is 0.0478. The van der Waals surface area contributed by atoms with Crippen LogP contribution < -0.4 is 10.6 Å². The van der Waals surface area contributed by atoms with E-state index in [1.165, 1.54) is 0 Å². The van der Waals surface area contributed by atoms with Gasteiger partial charge in [0.15, 0.2) is 5.82 Å². The van der Waals surface area contributed by atoms with Crippen LogP contribution in [0.4, 0.5) is 11.5 Å². The van der Waals surface area contributed by atoms with Gasteiger partial charge in [-0.15, -0.1) is 11.3 Å². The molecule has 0 saturated carbocycles. The second-order valence-electron chi connectivity index (χ2n) is 6.95. The first-order chi connectivity index (χ1) is 14.0. The molecule has 0 atom stereocenters. The van der Waals surface area contributed by atoms with Crippen LogP contribution in [0.5, 0.6) is 0 Å². The van der Waals surface area contributed by atoms with Crippen LogP contribution in [0.2, 0.25) is 0 Å². The quantitative estimate of drug-likeness (QED) is 0.563. The summed E-state index contributed by atoms with van der Waals surface area (Å²) in [5.41, 5.74) is 8.80. The molecule has 2 N–H and O–H groups in total. The number of fused-ring (bicyclic) bond motifs is 2. The zero-order valence-electron chi connectivity index (χ0n) is 15.5. The van der Waals surface area contributed by atoms with E-state index >= 15 is 0 Å². The number of hydrogen-bond acceptors (Lipinski definition) is 5. The van der Waals surface area contributed by atoms with Crippen molar-refractivity contribution in [3.8, 4) is 11.4 Å². The van der Waals surface area contributed by atoms with Gasteiger partial charge in [0, 0.05) is 26.6 Å². The van der Waals surface area contributed by atoms with Crippen molar-refractivity contribution in [1.82, 2.24) is 9.97 Å². The van der Waals surface area contributed by atoms with Crippen molar-refractivity contribution < 1.29 is 9.59 Å². The maximum Gasteiger partial charge on any atom is 0.267 e. The monoisotopic (exact) mass is 400 g/mol. The Kier molecular flexibility index (Phi) is 3.92. The number of primary amides is 1. The van der Waals surface area contributed by atoms with Gasteiger partial charge < -0.3 is 5.73 Å². The summed E-state index contributed by atoms with van der Waals surface area (Å²) in [4.78, 5) is 35.7. The van der Waals surface area contributed by atoms with E-state index in [-0.39, 0.29) is 18.0 Å². The molecule has 0 fully saturated rings. The number of carbonyl (C=O) groups excluding carboxylic acids is 2. The van der Waals surface area contributed by atoms with Crippen LogP contribution in [0, 0.1) is 6.92 Å². The molecule has 0 saturated heterocycles. The van der Waals surface area contributed by atoms with E-state index in [0.29, 0.717) is 22.9 Å². The summed E-state index contributed by atoms with van der Waals surface area (Å²) in [5, 5.41) is 2.96. The zero-order valence-corrected chi connectivity index (χ0v) is 16.4. The van der Waals surface area contributed by atoms with Gasteiger partial charge in [-0.1, -0.05) is 35.9 Å². The highest BCUT2D eigenvalue weighted by molar-refractivity contribution is 7.17. The van der Waals surface area contributed by atoms with Gasteiger partial charge in [0.05, 0.1) is 12.1 Å². The second-order valence-corrected chi connectivity index (χ2v) is 7.86. The van der Waals surface area contributed by atoms with E-state index in [4.69, 9.17) is 10.7 Å². The van der Waals surface area contributed by atoms with Gasteiger partial charge in [-0.2, -0.15) is 0 Å². The molecule has 2 amide bonds. The zero-order chi connectivity index (χ0) is 20.1. The van der Waals surface area contributed by atoms with E-state index in [9.17, 15) is 9.59 Å². The fraction of sp³-hybridized carbons (Fsp3) is 0.0909. The standard InChI is InChI=1S/C22H16N4O2S/c1-12-6-8-13(9-7-12)26-18(27)10-15-19(20(23)28)24-21(25-22(15)26)16-11-29-17-5-3-2-4-14(16)17/h2-9,11H,10H2,1H3,(H2,23,28). The van der Waals surface area contributed by atoms with Gasteiger partial charge in [0.1, 0.15) is 11.5 Å². The number of benzene rings is 2. The van der Waals surface area contributed by atoms with E-state index < -0.39 is 5.91 Å². The van der Waals surface area contributed by atoms with E-state index in [1.807, 2.05) is 60.8 Å². The number of anilines is 2. The van der Waals surface area contributed by atoms with Crippen molar-refractivity contribution in [2.75, 3.05) is 4.90 Å². The molecule has 4 aromatic rings. The summed E-state index contributed by atoms with van der Waals surface area (Å²) in [7, 11) is 0. The molecule has 1 aliphatic heterocycles. The summed E-state index contributed by atoms with van der Waals surface area (Å²) >= 11 is 1.58. The molecule has 0 aliphatic carbocycles. The second kappa shape index (κ2) is 6.49. The SMILES string of the molecule is Cc1ccc(N2C(=O)Cc3c(C(N)=O)nc(-c4csc5ccccc45)nc32)cc1. The number of thiophene rings is 1. The largest absolute Gasteiger partial charge is 0.364 e. The molecule has 29 heavy (non-hydrogen) atoms. The maximum atomic E-state index is 12.8. The summed E-state index contributed by atoms with van der Waals surface area (Å²) in [6, 6.07) is 15.5. The van der Waals surface area contributed by atoms with Crippen molar-refractivity contribution in [1.29, 1.82) is 0 Å². The third kappa shape index (κ3) is 2.78. The number of carbonyl (C=O) groups is 2. The van der Waals surface area contributed by atoms with Gasteiger partial charge in [-0.05, 0) is 25.1 Å². The van der Waals surface area contributed by atoms with Crippen molar-refractivity contribution in [3.05, 3.63) is 70.7 Å². The van der Waals surface area contributed by atoms with Crippen LogP contribution >= 0.6 is 11.3 Å². The first-order valence-electron chi connectivity index (χ1n) is 9.10. The minimum atomic E-state index is -0.664. The molecule has 0 bridgehead atoms. The lowest BCUT2D eigenvalue weighted by molar-refractivity contribution is -0.116. The predicted octanol–water partition coefficient (Wildman–Crippen LogP) is 3.99. The molecule has 142 valence electrons. The number of hydrogen-bond donors (Lipinski definition) is 1. The highest BCUT2D eigenvalue weighted by Crippen LogP contribution is 2.39. The smallest absolute Gasteiger partial charge is 0.267 e. The minimum Gasteiger partial charge on any atom is -0.364 e. The van der Waals surface area contributed by atoms with Crippen LogP contribution in [-0.4, -0.2) is 21.8 Å². The molecule has 2 aromatic carbocycles. The van der Waals surface area contributed by atoms with Gasteiger partial charge in [0.25, 0.3) is 5.91 Å². The van der Waals surface area contributed by atoms with Crippen molar-refractivity contribution in [2.45, 2.75) is 13.3 Å². The first kappa shape index (κ1) is 17.5. The molecule has 6 nitrogen and oxygen atoms in total. The molecule has 2 aromatic heterocycles. The lowest BCUT2D eigenvalue weighted by atomic mass is 10.1. The normalized spacial score (nSPS) is 13.1. The van der Waals surface area contributed by atoms with E-state index in [2.05, 4.69) is 4.98 Å². The predicted molar refractivity (Wildman–Crippen MR) is 113 cm³/mol. The number of rotatable bonds is 3. The Labute approximate surface area is 170 Å². The Morgan fingerprint density at radius 1 is 1.10 bits per heavy atom. The van der Waals surface area contributed by atoms with Crippen LogP contribution in [0.1, 0.15) is 21.6 Å². The Bertz CT molecular complexity index is 1290. The number of aryl methyl sites for hydroxylation is 1. The van der Waals surface area contributed by atoms with Gasteiger partial charge in [-0.25, -0.2) is 9.97 Å². The average molecular weight is 400 g/mol. The highest BCUT2D eigenvalue weighted by Gasteiger charge is 2.35. The van der Waals surface area contributed by atoms with Gasteiger partial charge in [0.2, 0.25) is 5.91 Å². The van der Waals surface area contributed by atoms with Crippen molar-refractivity contribution >= 4 is 44.7 Å². The van der Waals surface area contributed by atoms with E-state index in [0.717, 1.165) is 21.2 Å². The topological polar surface area (TPSA) is 89.2 Å². The third-order valence-corrected chi connectivity index (χ3v) is 5.99. The molecule has 0 radical (unpaired) electrons. The molecule has 0 spiro atoms. The molecule has 5 rings (SSSR count). The highest BCUT2D eigenvalue weighted by atomic mass is 32.1. The molecule has 7 heteroatoms. The number of aromatic nitrogens is 2. The van der Waals surface area contributed by atoms with Gasteiger partial charge in [-0.3, -0.25) is 14.5 Å². The van der Waals surface area contributed by atoms with Crippen LogP contribution in [0.15, 0.2) is 53.9 Å². The summed E-state index contributed by atoms with van der Waals surface area (Å²) in [6.45, 7) is 1.98. The average Bonchev–Trinajstić information content (AvgIpc) is 3.28. The number of amides is 2. The fourth-order valence-corrected chi connectivity index (χ4v) is 4.54. The molecular weight excluding hydrogens is 384 g/mol. The van der Waals surface area contributed by atoms with Crippen molar-refractivity contribution in [3.63, 3.8) is 0 Å². The Morgan fingerprint density at radius 2 is 1.86 bits per heavy atom. The lowest BCUT2D eigenvalue weighted by Gasteiger charge is -2.17. The molecule has 1 aliphatic rings. The molecule has 0 unspecified atom stereocenters. The third-order valence-electron chi connectivity index (χ3n) is 5.02. The van der Waals surface area contributed by atoms with E-state index in [1.54, 1.807) is 16.2 Å². The summed E-state index contributed by atoms with van der Waals surface area (Å²) in [5.74, 6) is -0.00860.